The average molecular weight is 279 g/mol. The van der Waals surface area contributed by atoms with Crippen molar-refractivity contribution in [3.8, 4) is 0 Å². The predicted molar refractivity (Wildman–Crippen MR) is 76.9 cm³/mol. The Balaban J connectivity index is 2.16. The van der Waals surface area contributed by atoms with E-state index in [0.717, 1.165) is 32.5 Å². The minimum atomic E-state index is -0.518. The van der Waals surface area contributed by atoms with Crippen LogP contribution in [0.3, 0.4) is 0 Å². The van der Waals surface area contributed by atoms with Gasteiger partial charge in [-0.3, -0.25) is 9.69 Å². The molecule has 1 unspecified atom stereocenters. The molecule has 5 heteroatoms. The molecule has 3 N–H and O–H groups in total. The third kappa shape index (κ3) is 3.55. The van der Waals surface area contributed by atoms with E-state index >= 15 is 0 Å². The molecule has 0 saturated carbocycles. The summed E-state index contributed by atoms with van der Waals surface area (Å²) in [6.45, 7) is 5.51. The summed E-state index contributed by atoms with van der Waals surface area (Å²) in [7, 11) is 0. The summed E-state index contributed by atoms with van der Waals surface area (Å²) in [5.41, 5.74) is 6.17. The zero-order valence-electron chi connectivity index (χ0n) is 11.9. The van der Waals surface area contributed by atoms with Crippen LogP contribution in [-0.4, -0.2) is 36.5 Å². The number of nitrogens with zero attached hydrogens (tertiary/aromatic N) is 1. The fourth-order valence-corrected chi connectivity index (χ4v) is 2.70. The quantitative estimate of drug-likeness (QED) is 0.829. The maximum atomic E-state index is 13.9. The van der Waals surface area contributed by atoms with Crippen LogP contribution in [0.5, 0.6) is 0 Å². The highest BCUT2D eigenvalue weighted by Crippen LogP contribution is 2.17. The van der Waals surface area contributed by atoms with Crippen LogP contribution in [0.4, 0.5) is 4.39 Å². The van der Waals surface area contributed by atoms with Gasteiger partial charge in [0, 0.05) is 30.3 Å². The van der Waals surface area contributed by atoms with E-state index in [-0.39, 0.29) is 5.82 Å². The van der Waals surface area contributed by atoms with Crippen molar-refractivity contribution in [2.45, 2.75) is 32.4 Å². The molecule has 1 atom stereocenters. The van der Waals surface area contributed by atoms with Crippen molar-refractivity contribution in [1.82, 2.24) is 10.2 Å². The smallest absolute Gasteiger partial charge is 0.248 e. The zero-order valence-corrected chi connectivity index (χ0v) is 11.9. The van der Waals surface area contributed by atoms with Crippen molar-refractivity contribution in [2.75, 3.05) is 19.6 Å². The Labute approximate surface area is 119 Å². The van der Waals surface area contributed by atoms with Gasteiger partial charge in [-0.2, -0.15) is 0 Å². The van der Waals surface area contributed by atoms with Gasteiger partial charge < -0.3 is 11.1 Å². The van der Waals surface area contributed by atoms with Crippen molar-refractivity contribution < 1.29 is 9.18 Å². The number of carbonyl (C=O) groups is 1. The monoisotopic (exact) mass is 279 g/mol. The molecule has 1 heterocycles. The lowest BCUT2D eigenvalue weighted by atomic mass is 10.1. The molecule has 0 aromatic heterocycles. The maximum Gasteiger partial charge on any atom is 0.248 e. The summed E-state index contributed by atoms with van der Waals surface area (Å²) in [4.78, 5) is 13.5. The molecule has 1 aliphatic heterocycles. The number of rotatable bonds is 6. The largest absolute Gasteiger partial charge is 0.366 e. The third-order valence-corrected chi connectivity index (χ3v) is 3.77. The van der Waals surface area contributed by atoms with Crippen LogP contribution in [0.15, 0.2) is 18.2 Å². The number of carbonyl (C=O) groups excluding carboxylic acids is 1. The van der Waals surface area contributed by atoms with Crippen molar-refractivity contribution in [3.63, 3.8) is 0 Å². The molecule has 4 nitrogen and oxygen atoms in total. The Morgan fingerprint density at radius 1 is 1.55 bits per heavy atom. The van der Waals surface area contributed by atoms with E-state index in [4.69, 9.17) is 5.73 Å². The molecule has 1 aromatic rings. The third-order valence-electron chi connectivity index (χ3n) is 3.77. The Bertz CT molecular complexity index is 472. The van der Waals surface area contributed by atoms with Gasteiger partial charge >= 0.3 is 0 Å². The zero-order chi connectivity index (χ0) is 14.5. The summed E-state index contributed by atoms with van der Waals surface area (Å²) in [6, 6.07) is 4.77. The molecule has 0 spiro atoms. The van der Waals surface area contributed by atoms with E-state index in [2.05, 4.69) is 17.1 Å². The topological polar surface area (TPSA) is 58.4 Å². The molecule has 0 radical (unpaired) electrons. The maximum absolute atomic E-state index is 13.9. The van der Waals surface area contributed by atoms with Crippen LogP contribution in [0, 0.1) is 5.82 Å². The Morgan fingerprint density at radius 2 is 2.35 bits per heavy atom. The molecule has 110 valence electrons. The number of nitrogens with two attached hydrogens (primary N) is 1. The number of benzene rings is 1. The molecule has 0 bridgehead atoms. The first-order valence-electron chi connectivity index (χ1n) is 7.14. The molecular formula is C15H22FN3O. The molecule has 20 heavy (non-hydrogen) atoms. The fourth-order valence-electron chi connectivity index (χ4n) is 2.70. The van der Waals surface area contributed by atoms with E-state index in [1.165, 1.54) is 12.1 Å². The normalized spacial score (nSPS) is 18.6. The first kappa shape index (κ1) is 14.9. The van der Waals surface area contributed by atoms with Gasteiger partial charge in [-0.05, 0) is 44.1 Å². The Morgan fingerprint density at radius 3 is 2.95 bits per heavy atom. The van der Waals surface area contributed by atoms with Crippen LogP contribution in [-0.2, 0) is 6.54 Å². The van der Waals surface area contributed by atoms with Gasteiger partial charge in [0.05, 0.1) is 0 Å². The van der Waals surface area contributed by atoms with Crippen molar-refractivity contribution in [3.05, 3.63) is 35.1 Å². The van der Waals surface area contributed by atoms with Gasteiger partial charge in [-0.25, -0.2) is 4.39 Å². The van der Waals surface area contributed by atoms with Gasteiger partial charge in [0.25, 0.3) is 0 Å². The molecule has 1 aliphatic rings. The molecule has 0 aliphatic carbocycles. The van der Waals surface area contributed by atoms with Gasteiger partial charge in [0.15, 0.2) is 0 Å². The standard InChI is InChI=1S/C15H22FN3O/c1-2-7-19(13-5-6-18-9-13)10-12-8-11(15(17)20)3-4-14(12)16/h3-4,8,13,18H,2,5-7,9-10H2,1H3,(H2,17,20). The second kappa shape index (κ2) is 6.81. The summed E-state index contributed by atoms with van der Waals surface area (Å²) >= 11 is 0. The molecule has 1 amide bonds. The Kier molecular flexibility index (Phi) is 5.09. The number of amides is 1. The fraction of sp³-hybridized carbons (Fsp3) is 0.533. The SMILES string of the molecule is CCCN(Cc1cc(C(N)=O)ccc1F)C1CCNC1. The molecule has 1 fully saturated rings. The van der Waals surface area contributed by atoms with Crippen molar-refractivity contribution >= 4 is 5.91 Å². The van der Waals surface area contributed by atoms with Crippen LogP contribution in [0.25, 0.3) is 0 Å². The summed E-state index contributed by atoms with van der Waals surface area (Å²) in [5, 5.41) is 3.33. The lowest BCUT2D eigenvalue weighted by Gasteiger charge is -2.28. The van der Waals surface area contributed by atoms with Gasteiger partial charge in [-0.1, -0.05) is 6.92 Å². The summed E-state index contributed by atoms with van der Waals surface area (Å²) in [5.74, 6) is -0.794. The van der Waals surface area contributed by atoms with E-state index in [1.54, 1.807) is 6.07 Å². The molecular weight excluding hydrogens is 257 g/mol. The van der Waals surface area contributed by atoms with E-state index in [9.17, 15) is 9.18 Å². The second-order valence-electron chi connectivity index (χ2n) is 5.29. The van der Waals surface area contributed by atoms with E-state index < -0.39 is 5.91 Å². The lowest BCUT2D eigenvalue weighted by Crippen LogP contribution is -2.37. The highest BCUT2D eigenvalue weighted by molar-refractivity contribution is 5.92. The van der Waals surface area contributed by atoms with E-state index in [0.29, 0.717) is 23.7 Å². The van der Waals surface area contributed by atoms with Crippen molar-refractivity contribution in [1.29, 1.82) is 0 Å². The first-order valence-corrected chi connectivity index (χ1v) is 7.14. The van der Waals surface area contributed by atoms with Gasteiger partial charge in [-0.15, -0.1) is 0 Å². The Hall–Kier alpha value is -1.46. The lowest BCUT2D eigenvalue weighted by molar-refractivity contribution is 0.1000. The second-order valence-corrected chi connectivity index (χ2v) is 5.29. The van der Waals surface area contributed by atoms with Crippen LogP contribution in [0.2, 0.25) is 0 Å². The summed E-state index contributed by atoms with van der Waals surface area (Å²) in [6.07, 6.45) is 2.10. The predicted octanol–water partition coefficient (Wildman–Crippen LogP) is 1.50. The summed E-state index contributed by atoms with van der Waals surface area (Å²) < 4.78 is 13.9. The number of halogens is 1. The van der Waals surface area contributed by atoms with Crippen LogP contribution < -0.4 is 11.1 Å². The number of nitrogens with one attached hydrogen (secondary N) is 1. The van der Waals surface area contributed by atoms with E-state index in [1.807, 2.05) is 0 Å². The highest BCUT2D eigenvalue weighted by atomic mass is 19.1. The minimum absolute atomic E-state index is 0.276. The molecule has 1 aromatic carbocycles. The number of primary amides is 1. The molecule has 2 rings (SSSR count). The minimum Gasteiger partial charge on any atom is -0.366 e. The first-order chi connectivity index (χ1) is 9.61. The number of hydrogen-bond donors (Lipinski definition) is 2. The van der Waals surface area contributed by atoms with Gasteiger partial charge in [0.2, 0.25) is 5.91 Å². The average Bonchev–Trinajstić information content (AvgIpc) is 2.94. The van der Waals surface area contributed by atoms with Crippen LogP contribution in [0.1, 0.15) is 35.7 Å². The van der Waals surface area contributed by atoms with Crippen molar-refractivity contribution in [2.24, 2.45) is 5.73 Å². The highest BCUT2D eigenvalue weighted by Gasteiger charge is 2.22. The molecule has 1 saturated heterocycles. The van der Waals surface area contributed by atoms with Crippen LogP contribution >= 0.6 is 0 Å². The number of hydrogen-bond acceptors (Lipinski definition) is 3. The van der Waals surface area contributed by atoms with Gasteiger partial charge in [0.1, 0.15) is 5.82 Å².